The highest BCUT2D eigenvalue weighted by molar-refractivity contribution is 5.81. The Labute approximate surface area is 101 Å². The van der Waals surface area contributed by atoms with Crippen molar-refractivity contribution in [2.75, 3.05) is 0 Å². The van der Waals surface area contributed by atoms with Gasteiger partial charge in [0.05, 0.1) is 24.6 Å². The molecule has 3 atom stereocenters. The largest absolute Gasteiger partial charge is 0.481 e. The number of aliphatic hydroxyl groups is 1. The molecule has 0 fully saturated rings. The third-order valence-electron chi connectivity index (χ3n) is 2.31. The predicted octanol–water partition coefficient (Wildman–Crippen LogP) is -0.300. The summed E-state index contributed by atoms with van der Waals surface area (Å²) in [5.41, 5.74) is 5.41. The van der Waals surface area contributed by atoms with Gasteiger partial charge in [-0.3, -0.25) is 9.59 Å². The van der Waals surface area contributed by atoms with E-state index in [2.05, 4.69) is 5.32 Å². The van der Waals surface area contributed by atoms with Gasteiger partial charge in [0.1, 0.15) is 0 Å². The Hall–Kier alpha value is -1.14. The van der Waals surface area contributed by atoms with E-state index in [-0.39, 0.29) is 11.8 Å². The number of carboxylic acids is 1. The highest BCUT2D eigenvalue weighted by atomic mass is 16.4. The molecular weight excluding hydrogens is 224 g/mol. The van der Waals surface area contributed by atoms with Crippen LogP contribution in [-0.2, 0) is 9.59 Å². The second-order valence-electron chi connectivity index (χ2n) is 4.70. The summed E-state index contributed by atoms with van der Waals surface area (Å²) < 4.78 is 0. The van der Waals surface area contributed by atoms with Crippen molar-refractivity contribution < 1.29 is 19.8 Å². The van der Waals surface area contributed by atoms with Crippen molar-refractivity contribution in [3.05, 3.63) is 0 Å². The number of rotatable bonds is 7. The van der Waals surface area contributed by atoms with Gasteiger partial charge in [-0.25, -0.2) is 0 Å². The lowest BCUT2D eigenvalue weighted by Crippen LogP contribution is -2.49. The minimum Gasteiger partial charge on any atom is -0.481 e. The van der Waals surface area contributed by atoms with E-state index in [4.69, 9.17) is 10.8 Å². The van der Waals surface area contributed by atoms with Crippen LogP contribution in [0.25, 0.3) is 0 Å². The van der Waals surface area contributed by atoms with Gasteiger partial charge in [-0.1, -0.05) is 13.8 Å². The van der Waals surface area contributed by atoms with Crippen molar-refractivity contribution in [1.29, 1.82) is 0 Å². The zero-order chi connectivity index (χ0) is 13.6. The molecule has 0 aromatic rings. The van der Waals surface area contributed by atoms with Crippen LogP contribution in [0.15, 0.2) is 0 Å². The monoisotopic (exact) mass is 246 g/mol. The van der Waals surface area contributed by atoms with Gasteiger partial charge in [-0.05, 0) is 19.3 Å². The third-order valence-corrected chi connectivity index (χ3v) is 2.31. The number of carbonyl (C=O) groups is 2. The maximum absolute atomic E-state index is 11.4. The highest BCUT2D eigenvalue weighted by Gasteiger charge is 2.25. The SMILES string of the molecule is CC(C)CC(NC(=O)[C@H](C)N)C(O)CC(=O)O. The van der Waals surface area contributed by atoms with Crippen LogP contribution in [0.4, 0.5) is 0 Å². The van der Waals surface area contributed by atoms with Gasteiger partial charge < -0.3 is 21.3 Å². The molecule has 0 saturated heterocycles. The molecule has 0 aromatic heterocycles. The van der Waals surface area contributed by atoms with Crippen LogP contribution in [0.2, 0.25) is 0 Å². The first-order valence-electron chi connectivity index (χ1n) is 5.69. The Balaban J connectivity index is 4.52. The van der Waals surface area contributed by atoms with E-state index in [1.165, 1.54) is 6.92 Å². The summed E-state index contributed by atoms with van der Waals surface area (Å²) in [6, 6.07) is -1.26. The fourth-order valence-electron chi connectivity index (χ4n) is 1.46. The second-order valence-corrected chi connectivity index (χ2v) is 4.70. The number of hydrogen-bond donors (Lipinski definition) is 4. The zero-order valence-electron chi connectivity index (χ0n) is 10.5. The van der Waals surface area contributed by atoms with Gasteiger partial charge in [0, 0.05) is 0 Å². The summed E-state index contributed by atoms with van der Waals surface area (Å²) in [6.45, 7) is 5.39. The van der Waals surface area contributed by atoms with E-state index in [1.54, 1.807) is 0 Å². The highest BCUT2D eigenvalue weighted by Crippen LogP contribution is 2.11. The number of hydrogen-bond acceptors (Lipinski definition) is 4. The number of aliphatic hydroxyl groups excluding tert-OH is 1. The first-order valence-corrected chi connectivity index (χ1v) is 5.69. The second kappa shape index (κ2) is 7.24. The quantitative estimate of drug-likeness (QED) is 0.492. The predicted molar refractivity (Wildman–Crippen MR) is 63.3 cm³/mol. The molecule has 0 saturated carbocycles. The van der Waals surface area contributed by atoms with Crippen molar-refractivity contribution in [3.63, 3.8) is 0 Å². The Morgan fingerprint density at radius 1 is 1.29 bits per heavy atom. The molecule has 0 rings (SSSR count). The van der Waals surface area contributed by atoms with Gasteiger partial charge in [0.25, 0.3) is 0 Å². The smallest absolute Gasteiger partial charge is 0.306 e. The van der Waals surface area contributed by atoms with Gasteiger partial charge >= 0.3 is 5.97 Å². The van der Waals surface area contributed by atoms with Crippen LogP contribution in [0.1, 0.15) is 33.6 Å². The topological polar surface area (TPSA) is 113 Å². The van der Waals surface area contributed by atoms with Crippen molar-refractivity contribution >= 4 is 11.9 Å². The van der Waals surface area contributed by atoms with E-state index in [9.17, 15) is 14.7 Å². The number of amides is 1. The Kier molecular flexibility index (Phi) is 6.75. The molecule has 0 aliphatic carbocycles. The molecule has 0 radical (unpaired) electrons. The minimum atomic E-state index is -1.10. The summed E-state index contributed by atoms with van der Waals surface area (Å²) in [5.74, 6) is -1.25. The molecule has 0 aliphatic rings. The summed E-state index contributed by atoms with van der Waals surface area (Å²) >= 11 is 0. The molecule has 0 heterocycles. The van der Waals surface area contributed by atoms with Gasteiger partial charge in [-0.2, -0.15) is 0 Å². The molecule has 100 valence electrons. The molecule has 1 amide bonds. The first kappa shape index (κ1) is 15.9. The summed E-state index contributed by atoms with van der Waals surface area (Å²) in [7, 11) is 0. The zero-order valence-corrected chi connectivity index (χ0v) is 10.5. The van der Waals surface area contributed by atoms with E-state index >= 15 is 0 Å². The average Bonchev–Trinajstić information content (AvgIpc) is 2.14. The fraction of sp³-hybridized carbons (Fsp3) is 0.818. The number of nitrogens with one attached hydrogen (secondary N) is 1. The fourth-order valence-corrected chi connectivity index (χ4v) is 1.46. The number of nitrogens with two attached hydrogens (primary N) is 1. The molecule has 6 heteroatoms. The maximum atomic E-state index is 11.4. The number of carboxylic acid groups (broad SMARTS) is 1. The molecule has 6 nitrogen and oxygen atoms in total. The normalized spacial score (nSPS) is 16.4. The molecule has 17 heavy (non-hydrogen) atoms. The van der Waals surface area contributed by atoms with Crippen LogP contribution in [0.3, 0.4) is 0 Å². The van der Waals surface area contributed by atoms with Crippen molar-refractivity contribution in [1.82, 2.24) is 5.32 Å². The van der Waals surface area contributed by atoms with Crippen LogP contribution >= 0.6 is 0 Å². The lowest BCUT2D eigenvalue weighted by Gasteiger charge is -2.25. The van der Waals surface area contributed by atoms with Crippen molar-refractivity contribution in [3.8, 4) is 0 Å². The van der Waals surface area contributed by atoms with Gasteiger partial charge in [0.15, 0.2) is 0 Å². The molecule has 2 unspecified atom stereocenters. The van der Waals surface area contributed by atoms with Crippen LogP contribution in [0, 0.1) is 5.92 Å². The standard InChI is InChI=1S/C11H22N2O4/c1-6(2)4-8(9(14)5-10(15)16)13-11(17)7(3)12/h6-9,14H,4-5,12H2,1-3H3,(H,13,17)(H,15,16)/t7-,8?,9?/m0/s1. The van der Waals surface area contributed by atoms with Crippen molar-refractivity contribution in [2.24, 2.45) is 11.7 Å². The van der Waals surface area contributed by atoms with Crippen LogP contribution in [0.5, 0.6) is 0 Å². The Morgan fingerprint density at radius 3 is 2.18 bits per heavy atom. The number of aliphatic carboxylic acids is 1. The Morgan fingerprint density at radius 2 is 1.82 bits per heavy atom. The summed E-state index contributed by atoms with van der Waals surface area (Å²) in [6.07, 6.45) is -0.985. The lowest BCUT2D eigenvalue weighted by atomic mass is 9.97. The Bertz CT molecular complexity index is 266. The van der Waals surface area contributed by atoms with E-state index in [0.717, 1.165) is 0 Å². The molecular formula is C11H22N2O4. The van der Waals surface area contributed by atoms with E-state index in [1.807, 2.05) is 13.8 Å². The first-order chi connectivity index (χ1) is 7.73. The van der Waals surface area contributed by atoms with Crippen LogP contribution in [-0.4, -0.2) is 40.3 Å². The molecule has 0 aliphatic heterocycles. The summed E-state index contributed by atoms with van der Waals surface area (Å²) in [4.78, 5) is 22.0. The van der Waals surface area contributed by atoms with Gasteiger partial charge in [-0.15, -0.1) is 0 Å². The minimum absolute atomic E-state index is 0.233. The van der Waals surface area contributed by atoms with E-state index < -0.39 is 30.6 Å². The van der Waals surface area contributed by atoms with E-state index in [0.29, 0.717) is 6.42 Å². The van der Waals surface area contributed by atoms with Crippen molar-refractivity contribution in [2.45, 2.75) is 51.8 Å². The molecule has 0 spiro atoms. The number of carbonyl (C=O) groups excluding carboxylic acids is 1. The average molecular weight is 246 g/mol. The molecule has 0 aromatic carbocycles. The summed E-state index contributed by atoms with van der Waals surface area (Å²) in [5, 5.41) is 20.9. The van der Waals surface area contributed by atoms with Crippen LogP contribution < -0.4 is 11.1 Å². The lowest BCUT2D eigenvalue weighted by molar-refractivity contribution is -0.140. The van der Waals surface area contributed by atoms with Gasteiger partial charge in [0.2, 0.25) is 5.91 Å². The molecule has 5 N–H and O–H groups in total. The molecule has 0 bridgehead atoms. The maximum Gasteiger partial charge on any atom is 0.306 e. The third kappa shape index (κ3) is 6.91.